The third-order valence-electron chi connectivity index (χ3n) is 4.71. The molecule has 2 aromatic rings. The van der Waals surface area contributed by atoms with Crippen LogP contribution in [0.5, 0.6) is 0 Å². The molecule has 1 saturated carbocycles. The molecular weight excluding hydrogens is 347 g/mol. The molecule has 0 saturated heterocycles. The summed E-state index contributed by atoms with van der Waals surface area (Å²) in [6, 6.07) is 16.2. The SMILES string of the molecule is CN(C)C1CC(N2c3ccccc3Sc3ccc(Cl)cc32)C1.Cl. The van der Waals surface area contributed by atoms with Crippen molar-refractivity contribution in [2.75, 3.05) is 19.0 Å². The van der Waals surface area contributed by atoms with Crippen LogP contribution in [0.2, 0.25) is 5.02 Å². The lowest BCUT2D eigenvalue weighted by Crippen LogP contribution is -2.51. The highest BCUT2D eigenvalue weighted by atomic mass is 35.5. The molecule has 1 aliphatic carbocycles. The molecule has 0 amide bonds. The first-order chi connectivity index (χ1) is 10.6. The Morgan fingerprint density at radius 1 is 1.04 bits per heavy atom. The minimum absolute atomic E-state index is 0. The van der Waals surface area contributed by atoms with E-state index in [0.29, 0.717) is 12.1 Å². The van der Waals surface area contributed by atoms with E-state index < -0.39 is 0 Å². The fraction of sp³-hybridized carbons (Fsp3) is 0.333. The minimum Gasteiger partial charge on any atom is -0.336 e. The van der Waals surface area contributed by atoms with Gasteiger partial charge in [0.1, 0.15) is 0 Å². The summed E-state index contributed by atoms with van der Waals surface area (Å²) in [7, 11) is 4.34. The van der Waals surface area contributed by atoms with E-state index in [2.05, 4.69) is 60.3 Å². The molecule has 0 spiro atoms. The quantitative estimate of drug-likeness (QED) is 0.696. The Morgan fingerprint density at radius 2 is 1.74 bits per heavy atom. The average molecular weight is 367 g/mol. The number of anilines is 2. The minimum atomic E-state index is 0. The van der Waals surface area contributed by atoms with Crippen LogP contribution in [-0.2, 0) is 0 Å². The Kier molecular flexibility index (Phi) is 4.84. The molecule has 2 aromatic carbocycles. The standard InChI is InChI=1S/C18H19ClN2S.ClH/c1-20(2)13-10-14(11-13)21-15-5-3-4-6-17(15)22-18-8-7-12(19)9-16(18)21;/h3-9,13-14H,10-11H2,1-2H3;1H. The van der Waals surface area contributed by atoms with Gasteiger partial charge < -0.3 is 9.80 Å². The monoisotopic (exact) mass is 366 g/mol. The van der Waals surface area contributed by atoms with Crippen LogP contribution in [0.25, 0.3) is 0 Å². The second-order valence-corrected chi connectivity index (χ2v) is 7.81. The number of hydrogen-bond acceptors (Lipinski definition) is 3. The van der Waals surface area contributed by atoms with Gasteiger partial charge in [-0.1, -0.05) is 35.5 Å². The molecule has 0 atom stereocenters. The van der Waals surface area contributed by atoms with Crippen molar-refractivity contribution in [1.29, 1.82) is 0 Å². The molecule has 4 rings (SSSR count). The molecule has 1 fully saturated rings. The third-order valence-corrected chi connectivity index (χ3v) is 6.07. The number of benzene rings is 2. The maximum absolute atomic E-state index is 6.27. The highest BCUT2D eigenvalue weighted by Gasteiger charge is 2.38. The van der Waals surface area contributed by atoms with Gasteiger partial charge in [0.2, 0.25) is 0 Å². The maximum atomic E-state index is 6.27. The first-order valence-corrected chi connectivity index (χ1v) is 8.85. The van der Waals surface area contributed by atoms with Crippen LogP contribution >= 0.6 is 35.8 Å². The van der Waals surface area contributed by atoms with Crippen molar-refractivity contribution < 1.29 is 0 Å². The van der Waals surface area contributed by atoms with Crippen molar-refractivity contribution >= 4 is 47.1 Å². The Hall–Kier alpha value is -0.870. The van der Waals surface area contributed by atoms with Gasteiger partial charge in [-0.05, 0) is 57.3 Å². The molecule has 0 unspecified atom stereocenters. The number of para-hydroxylation sites is 1. The summed E-state index contributed by atoms with van der Waals surface area (Å²) in [6.07, 6.45) is 2.41. The second-order valence-electron chi connectivity index (χ2n) is 6.29. The number of hydrogen-bond donors (Lipinski definition) is 0. The normalized spacial score (nSPS) is 22.0. The van der Waals surface area contributed by atoms with Gasteiger partial charge in [0, 0.05) is 26.9 Å². The highest BCUT2D eigenvalue weighted by molar-refractivity contribution is 7.99. The largest absolute Gasteiger partial charge is 0.336 e. The molecule has 5 heteroatoms. The molecule has 0 bridgehead atoms. The van der Waals surface area contributed by atoms with E-state index in [1.807, 2.05) is 17.8 Å². The van der Waals surface area contributed by atoms with Gasteiger partial charge in [0.25, 0.3) is 0 Å². The van der Waals surface area contributed by atoms with Crippen LogP contribution in [-0.4, -0.2) is 31.1 Å². The summed E-state index contributed by atoms with van der Waals surface area (Å²) in [4.78, 5) is 7.48. The van der Waals surface area contributed by atoms with Gasteiger partial charge >= 0.3 is 0 Å². The summed E-state index contributed by atoms with van der Waals surface area (Å²) >= 11 is 8.11. The van der Waals surface area contributed by atoms with Gasteiger partial charge in [-0.25, -0.2) is 0 Å². The Labute approximate surface area is 153 Å². The molecule has 0 aromatic heterocycles. The molecule has 0 N–H and O–H groups in total. The molecule has 23 heavy (non-hydrogen) atoms. The van der Waals surface area contributed by atoms with Crippen molar-refractivity contribution in [2.24, 2.45) is 0 Å². The summed E-state index contributed by atoms with van der Waals surface area (Å²) in [5.74, 6) is 0. The lowest BCUT2D eigenvalue weighted by molar-refractivity contribution is 0.167. The van der Waals surface area contributed by atoms with Crippen molar-refractivity contribution in [3.05, 3.63) is 47.5 Å². The summed E-state index contributed by atoms with van der Waals surface area (Å²) in [6.45, 7) is 0. The summed E-state index contributed by atoms with van der Waals surface area (Å²) < 4.78 is 0. The van der Waals surface area contributed by atoms with E-state index in [1.165, 1.54) is 34.0 Å². The molecule has 1 aliphatic heterocycles. The third kappa shape index (κ3) is 2.96. The Bertz CT molecular complexity index is 714. The summed E-state index contributed by atoms with van der Waals surface area (Å²) in [5.41, 5.74) is 2.59. The van der Waals surface area contributed by atoms with Crippen LogP contribution in [0.1, 0.15) is 12.8 Å². The van der Waals surface area contributed by atoms with Gasteiger partial charge in [-0.15, -0.1) is 12.4 Å². The zero-order valence-corrected chi connectivity index (χ0v) is 15.6. The van der Waals surface area contributed by atoms with E-state index in [-0.39, 0.29) is 12.4 Å². The van der Waals surface area contributed by atoms with Crippen LogP contribution in [0.15, 0.2) is 52.3 Å². The highest BCUT2D eigenvalue weighted by Crippen LogP contribution is 2.51. The van der Waals surface area contributed by atoms with Gasteiger partial charge in [0.05, 0.1) is 11.4 Å². The van der Waals surface area contributed by atoms with E-state index in [1.54, 1.807) is 0 Å². The predicted octanol–water partition coefficient (Wildman–Crippen LogP) is 5.46. The lowest BCUT2D eigenvalue weighted by atomic mass is 9.84. The average Bonchev–Trinajstić information content (AvgIpc) is 2.45. The lowest BCUT2D eigenvalue weighted by Gasteiger charge is -2.48. The van der Waals surface area contributed by atoms with Gasteiger partial charge in [-0.3, -0.25) is 0 Å². The molecule has 2 nitrogen and oxygen atoms in total. The molecule has 2 aliphatic rings. The fourth-order valence-corrected chi connectivity index (χ4v) is 4.56. The number of halogens is 2. The Balaban J connectivity index is 0.00000156. The Morgan fingerprint density at radius 3 is 2.48 bits per heavy atom. The molecule has 1 heterocycles. The number of rotatable bonds is 2. The van der Waals surface area contributed by atoms with E-state index in [9.17, 15) is 0 Å². The number of nitrogens with zero attached hydrogens (tertiary/aromatic N) is 2. The second kappa shape index (κ2) is 6.56. The van der Waals surface area contributed by atoms with E-state index in [4.69, 9.17) is 11.6 Å². The van der Waals surface area contributed by atoms with Crippen molar-refractivity contribution in [1.82, 2.24) is 4.90 Å². The van der Waals surface area contributed by atoms with Crippen LogP contribution in [0.4, 0.5) is 11.4 Å². The van der Waals surface area contributed by atoms with Gasteiger partial charge in [-0.2, -0.15) is 0 Å². The first kappa shape index (κ1) is 17.0. The predicted molar refractivity (Wildman–Crippen MR) is 102 cm³/mol. The van der Waals surface area contributed by atoms with Crippen molar-refractivity contribution in [3.63, 3.8) is 0 Å². The van der Waals surface area contributed by atoms with Gasteiger partial charge in [0.15, 0.2) is 0 Å². The van der Waals surface area contributed by atoms with E-state index in [0.717, 1.165) is 5.02 Å². The summed E-state index contributed by atoms with van der Waals surface area (Å²) in [5, 5.41) is 0.812. The number of fused-ring (bicyclic) bond motifs is 2. The van der Waals surface area contributed by atoms with Crippen molar-refractivity contribution in [3.8, 4) is 0 Å². The van der Waals surface area contributed by atoms with Crippen LogP contribution in [0.3, 0.4) is 0 Å². The van der Waals surface area contributed by atoms with Crippen LogP contribution in [0, 0.1) is 0 Å². The molecular formula is C18H20Cl2N2S. The first-order valence-electron chi connectivity index (χ1n) is 7.65. The zero-order chi connectivity index (χ0) is 15.3. The molecule has 122 valence electrons. The fourth-order valence-electron chi connectivity index (χ4n) is 3.34. The zero-order valence-electron chi connectivity index (χ0n) is 13.2. The van der Waals surface area contributed by atoms with Crippen LogP contribution < -0.4 is 4.90 Å². The molecule has 0 radical (unpaired) electrons. The maximum Gasteiger partial charge on any atom is 0.0570 e. The smallest absolute Gasteiger partial charge is 0.0570 e. The topological polar surface area (TPSA) is 6.48 Å². The van der Waals surface area contributed by atoms with Crippen molar-refractivity contribution in [2.45, 2.75) is 34.7 Å². The van der Waals surface area contributed by atoms with E-state index >= 15 is 0 Å².